The van der Waals surface area contributed by atoms with E-state index in [1.165, 1.54) is 0 Å². The molecule has 0 radical (unpaired) electrons. The number of nitrogens with one attached hydrogen (secondary N) is 1. The zero-order valence-electron chi connectivity index (χ0n) is 12.8. The van der Waals surface area contributed by atoms with Gasteiger partial charge in [0.2, 0.25) is 0 Å². The molecule has 114 valence electrons. The van der Waals surface area contributed by atoms with Gasteiger partial charge in [0, 0.05) is 11.8 Å². The van der Waals surface area contributed by atoms with Gasteiger partial charge in [-0.1, -0.05) is 56.3 Å². The monoisotopic (exact) mass is 290 g/mol. The van der Waals surface area contributed by atoms with E-state index in [9.17, 15) is 4.79 Å². The molecule has 0 saturated heterocycles. The van der Waals surface area contributed by atoms with E-state index in [-0.39, 0.29) is 18.1 Å². The van der Waals surface area contributed by atoms with Crippen molar-refractivity contribution >= 4 is 11.8 Å². The Labute approximate surface area is 125 Å². The number of amides is 1. The number of oxime groups is 1. The quantitative estimate of drug-likeness (QED) is 0.927. The molecule has 5 heteroatoms. The van der Waals surface area contributed by atoms with Crippen LogP contribution in [-0.2, 0) is 16.2 Å². The van der Waals surface area contributed by atoms with Crippen LogP contribution in [0.4, 0.5) is 4.79 Å². The molecule has 1 atom stereocenters. The lowest BCUT2D eigenvalue weighted by Gasteiger charge is -2.16. The Morgan fingerprint density at radius 2 is 2.10 bits per heavy atom. The predicted molar refractivity (Wildman–Crippen MR) is 81.0 cm³/mol. The summed E-state index contributed by atoms with van der Waals surface area (Å²) < 4.78 is 5.14. The Balaban J connectivity index is 1.67. The molecule has 1 aliphatic heterocycles. The Morgan fingerprint density at radius 3 is 2.71 bits per heavy atom. The number of hydrogen-bond donors (Lipinski definition) is 1. The number of ether oxygens (including phenoxy) is 1. The van der Waals surface area contributed by atoms with E-state index in [2.05, 4.69) is 31.2 Å². The van der Waals surface area contributed by atoms with Gasteiger partial charge in [-0.15, -0.1) is 0 Å². The Hall–Kier alpha value is -2.04. The van der Waals surface area contributed by atoms with Crippen LogP contribution in [0.2, 0.25) is 0 Å². The van der Waals surface area contributed by atoms with Crippen molar-refractivity contribution in [1.29, 1.82) is 0 Å². The fourth-order valence-electron chi connectivity index (χ4n) is 1.95. The third kappa shape index (κ3) is 4.77. The normalized spacial score (nSPS) is 17.9. The zero-order chi connectivity index (χ0) is 15.3. The van der Waals surface area contributed by atoms with Crippen molar-refractivity contribution in [3.05, 3.63) is 35.9 Å². The maximum absolute atomic E-state index is 11.6. The summed E-state index contributed by atoms with van der Waals surface area (Å²) in [5.74, 6) is 0. The van der Waals surface area contributed by atoms with Crippen LogP contribution in [-0.4, -0.2) is 24.5 Å². The summed E-state index contributed by atoms with van der Waals surface area (Å²) in [5, 5.41) is 6.79. The lowest BCUT2D eigenvalue weighted by Crippen LogP contribution is -2.33. The first-order chi connectivity index (χ1) is 9.95. The molecule has 1 aromatic rings. The highest BCUT2D eigenvalue weighted by molar-refractivity contribution is 5.90. The van der Waals surface area contributed by atoms with Gasteiger partial charge >= 0.3 is 6.09 Å². The van der Waals surface area contributed by atoms with Crippen LogP contribution in [0.3, 0.4) is 0 Å². The second-order valence-corrected chi connectivity index (χ2v) is 6.16. The molecule has 0 aromatic heterocycles. The molecule has 0 bridgehead atoms. The van der Waals surface area contributed by atoms with Crippen LogP contribution in [0.25, 0.3) is 0 Å². The summed E-state index contributed by atoms with van der Waals surface area (Å²) >= 11 is 0. The minimum Gasteiger partial charge on any atom is -0.445 e. The second kappa shape index (κ2) is 6.61. The van der Waals surface area contributed by atoms with Crippen LogP contribution in [0.15, 0.2) is 35.5 Å². The Bertz CT molecular complexity index is 506. The molecule has 1 heterocycles. The standard InChI is InChI=1S/C16H22N2O3/c1-16(2,3)14-9-13(21-18-14)10-17-15(19)20-11-12-7-5-4-6-8-12/h4-8,13H,9-11H2,1-3H3,(H,17,19). The highest BCUT2D eigenvalue weighted by Gasteiger charge is 2.29. The van der Waals surface area contributed by atoms with E-state index in [1.807, 2.05) is 30.3 Å². The topological polar surface area (TPSA) is 59.9 Å². The molecule has 1 aromatic carbocycles. The first-order valence-corrected chi connectivity index (χ1v) is 7.13. The first-order valence-electron chi connectivity index (χ1n) is 7.13. The minimum absolute atomic E-state index is 0.00255. The molecule has 0 fully saturated rings. The number of benzene rings is 1. The lowest BCUT2D eigenvalue weighted by atomic mass is 9.87. The van der Waals surface area contributed by atoms with Crippen LogP contribution < -0.4 is 5.32 Å². The van der Waals surface area contributed by atoms with E-state index < -0.39 is 6.09 Å². The highest BCUT2D eigenvalue weighted by atomic mass is 16.6. The third-order valence-corrected chi connectivity index (χ3v) is 3.29. The van der Waals surface area contributed by atoms with Gasteiger partial charge in [0.15, 0.2) is 0 Å². The molecule has 0 aliphatic carbocycles. The number of alkyl carbamates (subject to hydrolysis) is 1. The van der Waals surface area contributed by atoms with Crippen LogP contribution in [0.1, 0.15) is 32.8 Å². The fraction of sp³-hybridized carbons (Fsp3) is 0.500. The highest BCUT2D eigenvalue weighted by Crippen LogP contribution is 2.24. The minimum atomic E-state index is -0.438. The van der Waals surface area contributed by atoms with E-state index >= 15 is 0 Å². The molecule has 5 nitrogen and oxygen atoms in total. The van der Waals surface area contributed by atoms with Gasteiger partial charge in [0.05, 0.1) is 12.3 Å². The summed E-state index contributed by atoms with van der Waals surface area (Å²) in [6.07, 6.45) is 0.192. The van der Waals surface area contributed by atoms with Crippen molar-refractivity contribution in [3.63, 3.8) is 0 Å². The molecule has 0 saturated carbocycles. The number of hydrogen-bond acceptors (Lipinski definition) is 4. The lowest BCUT2D eigenvalue weighted by molar-refractivity contribution is 0.0796. The van der Waals surface area contributed by atoms with Gasteiger partial charge in [-0.05, 0) is 5.56 Å². The average Bonchev–Trinajstić information content (AvgIpc) is 2.93. The van der Waals surface area contributed by atoms with E-state index in [4.69, 9.17) is 9.57 Å². The van der Waals surface area contributed by atoms with Gasteiger partial charge in [0.25, 0.3) is 0 Å². The zero-order valence-corrected chi connectivity index (χ0v) is 12.8. The van der Waals surface area contributed by atoms with Gasteiger partial charge in [-0.3, -0.25) is 0 Å². The fourth-order valence-corrected chi connectivity index (χ4v) is 1.95. The van der Waals surface area contributed by atoms with Crippen molar-refractivity contribution in [3.8, 4) is 0 Å². The van der Waals surface area contributed by atoms with Crippen molar-refractivity contribution in [2.45, 2.75) is 39.9 Å². The van der Waals surface area contributed by atoms with Crippen LogP contribution in [0, 0.1) is 5.41 Å². The molecule has 2 rings (SSSR count). The first kappa shape index (κ1) is 15.4. The average molecular weight is 290 g/mol. The molecule has 21 heavy (non-hydrogen) atoms. The molecular formula is C16H22N2O3. The third-order valence-electron chi connectivity index (χ3n) is 3.29. The molecular weight excluding hydrogens is 268 g/mol. The van der Waals surface area contributed by atoms with Crippen LogP contribution in [0.5, 0.6) is 0 Å². The maximum atomic E-state index is 11.6. The van der Waals surface area contributed by atoms with Gasteiger partial charge < -0.3 is 14.9 Å². The largest absolute Gasteiger partial charge is 0.445 e. The van der Waals surface area contributed by atoms with Crippen molar-refractivity contribution in [2.24, 2.45) is 10.6 Å². The number of carbonyl (C=O) groups is 1. The SMILES string of the molecule is CC(C)(C)C1=NOC(CNC(=O)OCc2ccccc2)C1. The van der Waals surface area contributed by atoms with Gasteiger partial charge in [-0.25, -0.2) is 4.79 Å². The summed E-state index contributed by atoms with van der Waals surface area (Å²) in [7, 11) is 0. The number of carbonyl (C=O) groups excluding carboxylic acids is 1. The molecule has 0 spiro atoms. The molecule has 1 unspecified atom stereocenters. The molecule has 1 N–H and O–H groups in total. The van der Waals surface area contributed by atoms with Crippen LogP contribution >= 0.6 is 0 Å². The number of nitrogens with zero attached hydrogens (tertiary/aromatic N) is 1. The second-order valence-electron chi connectivity index (χ2n) is 6.16. The summed E-state index contributed by atoms with van der Waals surface area (Å²) in [6, 6.07) is 9.57. The summed E-state index contributed by atoms with van der Waals surface area (Å²) in [4.78, 5) is 16.9. The smallest absolute Gasteiger partial charge is 0.407 e. The number of rotatable bonds is 4. The van der Waals surface area contributed by atoms with Gasteiger partial charge in [-0.2, -0.15) is 0 Å². The van der Waals surface area contributed by atoms with E-state index in [0.29, 0.717) is 6.54 Å². The predicted octanol–water partition coefficient (Wildman–Crippen LogP) is 3.10. The molecule has 1 aliphatic rings. The van der Waals surface area contributed by atoms with Gasteiger partial charge in [0.1, 0.15) is 12.7 Å². The Morgan fingerprint density at radius 1 is 1.38 bits per heavy atom. The maximum Gasteiger partial charge on any atom is 0.407 e. The van der Waals surface area contributed by atoms with Crippen molar-refractivity contribution in [2.75, 3.05) is 6.54 Å². The Kier molecular flexibility index (Phi) is 4.83. The van der Waals surface area contributed by atoms with Crippen molar-refractivity contribution in [1.82, 2.24) is 5.32 Å². The summed E-state index contributed by atoms with van der Waals surface area (Å²) in [5.41, 5.74) is 1.98. The molecule has 1 amide bonds. The summed E-state index contributed by atoms with van der Waals surface area (Å²) in [6.45, 7) is 6.95. The van der Waals surface area contributed by atoms with E-state index in [0.717, 1.165) is 17.7 Å². The van der Waals surface area contributed by atoms with Crippen molar-refractivity contribution < 1.29 is 14.4 Å². The van der Waals surface area contributed by atoms with E-state index in [1.54, 1.807) is 0 Å².